The first-order chi connectivity index (χ1) is 5.31. The van der Waals surface area contributed by atoms with Crippen LogP contribution in [0.4, 0.5) is 0 Å². The minimum absolute atomic E-state index is 0.697. The van der Waals surface area contributed by atoms with E-state index in [0.717, 1.165) is 16.9 Å². The van der Waals surface area contributed by atoms with Crippen molar-refractivity contribution in [2.24, 2.45) is 11.8 Å². The van der Waals surface area contributed by atoms with Gasteiger partial charge < -0.3 is 10.6 Å². The van der Waals surface area contributed by atoms with E-state index in [4.69, 9.17) is 12.2 Å². The molecule has 2 unspecified atom stereocenters. The van der Waals surface area contributed by atoms with Crippen molar-refractivity contribution in [2.45, 2.75) is 25.3 Å². The molecule has 0 aromatic heterocycles. The molecule has 0 radical (unpaired) electrons. The van der Waals surface area contributed by atoms with Gasteiger partial charge in [-0.15, -0.1) is 0 Å². The third-order valence-electron chi connectivity index (χ3n) is 2.61. The van der Waals surface area contributed by atoms with Crippen molar-refractivity contribution >= 4 is 17.3 Å². The summed E-state index contributed by atoms with van der Waals surface area (Å²) in [5.74, 6) is 1.98. The van der Waals surface area contributed by atoms with Gasteiger partial charge in [0.15, 0.2) is 5.11 Å². The normalized spacial score (nSPS) is 34.6. The van der Waals surface area contributed by atoms with Crippen LogP contribution in [-0.2, 0) is 0 Å². The maximum Gasteiger partial charge on any atom is 0.166 e. The molecule has 2 rings (SSSR count). The zero-order chi connectivity index (χ0) is 7.84. The fourth-order valence-electron chi connectivity index (χ4n) is 1.67. The highest BCUT2D eigenvalue weighted by Crippen LogP contribution is 2.49. The Bertz CT molecular complexity index is 177. The maximum absolute atomic E-state index is 5.01. The Balaban J connectivity index is 1.70. The maximum atomic E-state index is 5.01. The van der Waals surface area contributed by atoms with Crippen LogP contribution >= 0.6 is 12.2 Å². The smallest absolute Gasteiger partial charge is 0.166 e. The van der Waals surface area contributed by atoms with Gasteiger partial charge in [-0.2, -0.15) is 0 Å². The monoisotopic (exact) mass is 170 g/mol. The summed E-state index contributed by atoms with van der Waals surface area (Å²) in [7, 11) is 1.86. The summed E-state index contributed by atoms with van der Waals surface area (Å²) in [6, 6.07) is 0.697. The largest absolute Gasteiger partial charge is 0.366 e. The molecule has 2 aliphatic rings. The summed E-state index contributed by atoms with van der Waals surface area (Å²) >= 11 is 5.01. The minimum atomic E-state index is 0.697. The molecule has 0 bridgehead atoms. The lowest BCUT2D eigenvalue weighted by Crippen LogP contribution is -2.34. The van der Waals surface area contributed by atoms with Gasteiger partial charge in [-0.3, -0.25) is 0 Å². The van der Waals surface area contributed by atoms with Gasteiger partial charge in [0.05, 0.1) is 0 Å². The van der Waals surface area contributed by atoms with E-state index in [1.54, 1.807) is 0 Å². The molecule has 0 aliphatic heterocycles. The molecule has 2 atom stereocenters. The Hall–Kier alpha value is -0.310. The molecule has 62 valence electrons. The van der Waals surface area contributed by atoms with Crippen molar-refractivity contribution in [3.05, 3.63) is 0 Å². The SMILES string of the molecule is CNC(=S)NC1CC1C1CC1. The molecule has 0 spiro atoms. The Kier molecular flexibility index (Phi) is 1.75. The van der Waals surface area contributed by atoms with Crippen molar-refractivity contribution in [2.75, 3.05) is 7.05 Å². The summed E-state index contributed by atoms with van der Waals surface area (Å²) in [4.78, 5) is 0. The Morgan fingerprint density at radius 3 is 2.73 bits per heavy atom. The van der Waals surface area contributed by atoms with Crippen LogP contribution in [0.2, 0.25) is 0 Å². The van der Waals surface area contributed by atoms with Crippen LogP contribution in [0.15, 0.2) is 0 Å². The standard InChI is InChI=1S/C8H14N2S/c1-9-8(11)10-7-4-6(7)5-2-3-5/h5-7H,2-4H2,1H3,(H2,9,10,11). The van der Waals surface area contributed by atoms with Gasteiger partial charge in [-0.1, -0.05) is 0 Å². The van der Waals surface area contributed by atoms with Crippen LogP contribution in [0.25, 0.3) is 0 Å². The predicted molar refractivity (Wildman–Crippen MR) is 49.4 cm³/mol. The minimum Gasteiger partial charge on any atom is -0.366 e. The van der Waals surface area contributed by atoms with Gasteiger partial charge in [0, 0.05) is 13.1 Å². The van der Waals surface area contributed by atoms with Gasteiger partial charge in [0.25, 0.3) is 0 Å². The molecule has 0 heterocycles. The summed E-state index contributed by atoms with van der Waals surface area (Å²) in [5, 5.41) is 7.04. The lowest BCUT2D eigenvalue weighted by Gasteiger charge is -2.04. The van der Waals surface area contributed by atoms with Crippen molar-refractivity contribution in [3.63, 3.8) is 0 Å². The van der Waals surface area contributed by atoms with E-state index in [2.05, 4.69) is 10.6 Å². The average molecular weight is 170 g/mol. The molecule has 0 aromatic carbocycles. The van der Waals surface area contributed by atoms with Gasteiger partial charge in [0.1, 0.15) is 0 Å². The fraction of sp³-hybridized carbons (Fsp3) is 0.875. The fourth-order valence-corrected chi connectivity index (χ4v) is 1.82. The van der Waals surface area contributed by atoms with Crippen molar-refractivity contribution in [1.29, 1.82) is 0 Å². The summed E-state index contributed by atoms with van der Waals surface area (Å²) in [6.45, 7) is 0. The van der Waals surface area contributed by atoms with Crippen LogP contribution in [0, 0.1) is 11.8 Å². The molecule has 2 aliphatic carbocycles. The van der Waals surface area contributed by atoms with Crippen molar-refractivity contribution in [3.8, 4) is 0 Å². The third kappa shape index (κ3) is 1.64. The Morgan fingerprint density at radius 1 is 1.45 bits per heavy atom. The number of hydrogen-bond acceptors (Lipinski definition) is 1. The topological polar surface area (TPSA) is 24.1 Å². The van der Waals surface area contributed by atoms with E-state index in [1.807, 2.05) is 7.05 Å². The predicted octanol–water partition coefficient (Wildman–Crippen LogP) is 0.879. The van der Waals surface area contributed by atoms with Crippen LogP contribution in [0.3, 0.4) is 0 Å². The van der Waals surface area contributed by atoms with Crippen LogP contribution < -0.4 is 10.6 Å². The second kappa shape index (κ2) is 2.63. The molecule has 3 heteroatoms. The van der Waals surface area contributed by atoms with E-state index < -0.39 is 0 Å². The lowest BCUT2D eigenvalue weighted by molar-refractivity contribution is 0.660. The second-order valence-electron chi connectivity index (χ2n) is 3.57. The molecule has 2 nitrogen and oxygen atoms in total. The van der Waals surface area contributed by atoms with Crippen LogP contribution in [0.5, 0.6) is 0 Å². The molecule has 0 amide bonds. The summed E-state index contributed by atoms with van der Waals surface area (Å²) in [5.41, 5.74) is 0. The number of hydrogen-bond donors (Lipinski definition) is 2. The summed E-state index contributed by atoms with van der Waals surface area (Å²) in [6.07, 6.45) is 4.25. The van der Waals surface area contributed by atoms with E-state index in [0.29, 0.717) is 6.04 Å². The second-order valence-corrected chi connectivity index (χ2v) is 3.98. The molecule has 2 saturated carbocycles. The highest BCUT2D eigenvalue weighted by molar-refractivity contribution is 7.80. The van der Waals surface area contributed by atoms with Gasteiger partial charge in [-0.25, -0.2) is 0 Å². The van der Waals surface area contributed by atoms with E-state index in [1.165, 1.54) is 19.3 Å². The molecular formula is C8H14N2S. The zero-order valence-corrected chi connectivity index (χ0v) is 7.58. The lowest BCUT2D eigenvalue weighted by atomic mass is 10.3. The molecule has 2 N–H and O–H groups in total. The van der Waals surface area contributed by atoms with Gasteiger partial charge in [-0.05, 0) is 43.3 Å². The highest BCUT2D eigenvalue weighted by Gasteiger charge is 2.47. The number of nitrogens with one attached hydrogen (secondary N) is 2. The molecule has 11 heavy (non-hydrogen) atoms. The van der Waals surface area contributed by atoms with Gasteiger partial charge in [0.2, 0.25) is 0 Å². The molecular weight excluding hydrogens is 156 g/mol. The first-order valence-corrected chi connectivity index (χ1v) is 4.70. The highest BCUT2D eigenvalue weighted by atomic mass is 32.1. The first kappa shape index (κ1) is 7.35. The average Bonchev–Trinajstić information content (AvgIpc) is 2.79. The van der Waals surface area contributed by atoms with E-state index in [9.17, 15) is 0 Å². The van der Waals surface area contributed by atoms with E-state index >= 15 is 0 Å². The van der Waals surface area contributed by atoms with Crippen LogP contribution in [-0.4, -0.2) is 18.2 Å². The zero-order valence-electron chi connectivity index (χ0n) is 6.76. The van der Waals surface area contributed by atoms with E-state index in [-0.39, 0.29) is 0 Å². The molecule has 0 saturated heterocycles. The quantitative estimate of drug-likeness (QED) is 0.602. The first-order valence-electron chi connectivity index (χ1n) is 4.29. The number of rotatable bonds is 2. The molecule has 2 fully saturated rings. The Labute approximate surface area is 72.7 Å². The van der Waals surface area contributed by atoms with Crippen molar-refractivity contribution in [1.82, 2.24) is 10.6 Å². The Morgan fingerprint density at radius 2 is 2.18 bits per heavy atom. The number of thiocarbonyl (C=S) groups is 1. The van der Waals surface area contributed by atoms with Gasteiger partial charge >= 0.3 is 0 Å². The van der Waals surface area contributed by atoms with Crippen LogP contribution in [0.1, 0.15) is 19.3 Å². The summed E-state index contributed by atoms with van der Waals surface area (Å²) < 4.78 is 0. The van der Waals surface area contributed by atoms with Crippen molar-refractivity contribution < 1.29 is 0 Å². The third-order valence-corrected chi connectivity index (χ3v) is 2.93. The molecule has 0 aromatic rings.